The predicted molar refractivity (Wildman–Crippen MR) is 71.1 cm³/mol. The largest absolute Gasteiger partial charge is 0.395 e. The fraction of sp³-hybridized carbons (Fsp3) is 0.600. The van der Waals surface area contributed by atoms with Crippen LogP contribution in [0.15, 0.2) is 30.3 Å². The number of hydrogen-bond donors (Lipinski definition) is 1. The average Bonchev–Trinajstić information content (AvgIpc) is 2.75. The van der Waals surface area contributed by atoms with Crippen LogP contribution in [-0.4, -0.2) is 36.2 Å². The van der Waals surface area contributed by atoms with Gasteiger partial charge >= 0.3 is 0 Å². The molecule has 0 bridgehead atoms. The van der Waals surface area contributed by atoms with Crippen molar-refractivity contribution in [2.75, 3.05) is 26.2 Å². The molecule has 94 valence electrons. The molecule has 1 saturated heterocycles. The van der Waals surface area contributed by atoms with E-state index in [1.54, 1.807) is 0 Å². The van der Waals surface area contributed by atoms with Gasteiger partial charge in [-0.15, -0.1) is 0 Å². The van der Waals surface area contributed by atoms with Gasteiger partial charge in [0.15, 0.2) is 0 Å². The second kappa shape index (κ2) is 5.19. The van der Waals surface area contributed by atoms with Crippen molar-refractivity contribution in [2.24, 2.45) is 5.92 Å². The first-order valence-corrected chi connectivity index (χ1v) is 6.53. The Morgan fingerprint density at radius 1 is 1.35 bits per heavy atom. The van der Waals surface area contributed by atoms with E-state index in [2.05, 4.69) is 43.0 Å². The molecule has 0 amide bonds. The Morgan fingerprint density at radius 3 is 2.59 bits per heavy atom. The van der Waals surface area contributed by atoms with Crippen LogP contribution in [0.5, 0.6) is 0 Å². The third-order valence-electron chi connectivity index (χ3n) is 3.90. The molecule has 1 heterocycles. The molecule has 0 radical (unpaired) electrons. The summed E-state index contributed by atoms with van der Waals surface area (Å²) in [6.45, 7) is 7.97. The third kappa shape index (κ3) is 2.88. The summed E-state index contributed by atoms with van der Waals surface area (Å²) in [5.74, 6) is 0.800. The van der Waals surface area contributed by atoms with Crippen LogP contribution >= 0.6 is 0 Å². The maximum absolute atomic E-state index is 9.74. The molecule has 17 heavy (non-hydrogen) atoms. The summed E-state index contributed by atoms with van der Waals surface area (Å²) in [6, 6.07) is 10.4. The van der Waals surface area contributed by atoms with Crippen molar-refractivity contribution < 1.29 is 5.11 Å². The molecular weight excluding hydrogens is 210 g/mol. The molecule has 2 heteroatoms. The van der Waals surface area contributed by atoms with Gasteiger partial charge in [-0.2, -0.15) is 0 Å². The highest BCUT2D eigenvalue weighted by atomic mass is 16.3. The van der Waals surface area contributed by atoms with E-state index in [4.69, 9.17) is 0 Å². The zero-order valence-electron chi connectivity index (χ0n) is 10.9. The van der Waals surface area contributed by atoms with Crippen molar-refractivity contribution in [1.82, 2.24) is 4.90 Å². The zero-order chi connectivity index (χ0) is 12.3. The van der Waals surface area contributed by atoms with Gasteiger partial charge in [-0.05, 0) is 24.4 Å². The summed E-state index contributed by atoms with van der Waals surface area (Å²) in [7, 11) is 0. The maximum atomic E-state index is 9.74. The molecule has 1 fully saturated rings. The molecule has 2 unspecified atom stereocenters. The van der Waals surface area contributed by atoms with Gasteiger partial charge in [0.05, 0.1) is 6.61 Å². The van der Waals surface area contributed by atoms with Gasteiger partial charge in [0.1, 0.15) is 0 Å². The minimum atomic E-state index is -0.134. The van der Waals surface area contributed by atoms with E-state index >= 15 is 0 Å². The van der Waals surface area contributed by atoms with Gasteiger partial charge in [0, 0.05) is 18.5 Å². The van der Waals surface area contributed by atoms with Crippen molar-refractivity contribution in [2.45, 2.75) is 25.7 Å². The monoisotopic (exact) mass is 233 g/mol. The second-order valence-corrected chi connectivity index (χ2v) is 5.71. The highest BCUT2D eigenvalue weighted by Gasteiger charge is 2.30. The molecule has 1 aliphatic heterocycles. The normalized spacial score (nSPS) is 24.8. The van der Waals surface area contributed by atoms with Crippen molar-refractivity contribution in [3.63, 3.8) is 0 Å². The number of rotatable bonds is 4. The van der Waals surface area contributed by atoms with Crippen LogP contribution in [0.4, 0.5) is 0 Å². The lowest BCUT2D eigenvalue weighted by Crippen LogP contribution is -2.40. The molecule has 1 aromatic rings. The number of aliphatic hydroxyl groups is 1. The fourth-order valence-electron chi connectivity index (χ4n) is 2.74. The van der Waals surface area contributed by atoms with Gasteiger partial charge < -0.3 is 10.0 Å². The standard InChI is InChI=1S/C15H23NO/c1-13-8-9-16(10-13)11-15(2,12-17)14-6-4-3-5-7-14/h3-7,13,17H,8-12H2,1-2H3. The first kappa shape index (κ1) is 12.6. The Bertz CT molecular complexity index is 351. The van der Waals surface area contributed by atoms with Crippen LogP contribution in [0.1, 0.15) is 25.8 Å². The summed E-state index contributed by atoms with van der Waals surface area (Å²) >= 11 is 0. The number of nitrogens with zero attached hydrogens (tertiary/aromatic N) is 1. The average molecular weight is 233 g/mol. The molecule has 2 atom stereocenters. The molecule has 0 spiro atoms. The van der Waals surface area contributed by atoms with Crippen LogP contribution in [0.2, 0.25) is 0 Å². The van der Waals surface area contributed by atoms with E-state index in [1.807, 2.05) is 6.07 Å². The van der Waals surface area contributed by atoms with Crippen molar-refractivity contribution >= 4 is 0 Å². The first-order chi connectivity index (χ1) is 8.14. The van der Waals surface area contributed by atoms with Gasteiger partial charge in [-0.25, -0.2) is 0 Å². The molecule has 1 aliphatic rings. The van der Waals surface area contributed by atoms with Crippen LogP contribution in [-0.2, 0) is 5.41 Å². The van der Waals surface area contributed by atoms with E-state index in [9.17, 15) is 5.11 Å². The Morgan fingerprint density at radius 2 is 2.06 bits per heavy atom. The summed E-state index contributed by atoms with van der Waals surface area (Å²) in [5, 5.41) is 9.74. The Labute approximate surface area is 104 Å². The minimum Gasteiger partial charge on any atom is -0.395 e. The Kier molecular flexibility index (Phi) is 3.85. The number of benzene rings is 1. The van der Waals surface area contributed by atoms with E-state index in [0.717, 1.165) is 12.5 Å². The highest BCUT2D eigenvalue weighted by Crippen LogP contribution is 2.27. The topological polar surface area (TPSA) is 23.5 Å². The molecular formula is C15H23NO. The SMILES string of the molecule is CC1CCN(CC(C)(CO)c2ccccc2)C1. The van der Waals surface area contributed by atoms with Gasteiger partial charge in [-0.3, -0.25) is 0 Å². The van der Waals surface area contributed by atoms with E-state index < -0.39 is 0 Å². The van der Waals surface area contributed by atoms with Crippen LogP contribution in [0, 0.1) is 5.92 Å². The lowest BCUT2D eigenvalue weighted by atomic mass is 9.83. The second-order valence-electron chi connectivity index (χ2n) is 5.71. The molecule has 1 aromatic carbocycles. The first-order valence-electron chi connectivity index (χ1n) is 6.53. The number of likely N-dealkylation sites (tertiary alicyclic amines) is 1. The van der Waals surface area contributed by atoms with Crippen molar-refractivity contribution in [3.8, 4) is 0 Å². The minimum absolute atomic E-state index is 0.134. The fourth-order valence-corrected chi connectivity index (χ4v) is 2.74. The summed E-state index contributed by atoms with van der Waals surface area (Å²) < 4.78 is 0. The Balaban J connectivity index is 2.09. The number of hydrogen-bond acceptors (Lipinski definition) is 2. The molecule has 2 rings (SSSR count). The molecule has 1 N–H and O–H groups in total. The van der Waals surface area contributed by atoms with E-state index in [1.165, 1.54) is 25.1 Å². The lowest BCUT2D eigenvalue weighted by Gasteiger charge is -2.32. The van der Waals surface area contributed by atoms with E-state index in [0.29, 0.717) is 0 Å². The molecule has 2 nitrogen and oxygen atoms in total. The van der Waals surface area contributed by atoms with Gasteiger partial charge in [0.25, 0.3) is 0 Å². The maximum Gasteiger partial charge on any atom is 0.0537 e. The summed E-state index contributed by atoms with van der Waals surface area (Å²) in [5.41, 5.74) is 1.10. The summed E-state index contributed by atoms with van der Waals surface area (Å²) in [6.07, 6.45) is 1.29. The van der Waals surface area contributed by atoms with Crippen molar-refractivity contribution in [1.29, 1.82) is 0 Å². The zero-order valence-corrected chi connectivity index (χ0v) is 10.9. The predicted octanol–water partition coefficient (Wildman–Crippen LogP) is 2.28. The van der Waals surface area contributed by atoms with Gasteiger partial charge in [-0.1, -0.05) is 44.2 Å². The van der Waals surface area contributed by atoms with Crippen molar-refractivity contribution in [3.05, 3.63) is 35.9 Å². The molecule has 0 saturated carbocycles. The van der Waals surface area contributed by atoms with Gasteiger partial charge in [0.2, 0.25) is 0 Å². The van der Waals surface area contributed by atoms with Crippen LogP contribution in [0.3, 0.4) is 0 Å². The lowest BCUT2D eigenvalue weighted by molar-refractivity contribution is 0.156. The molecule has 0 aliphatic carbocycles. The number of aliphatic hydroxyl groups excluding tert-OH is 1. The summed E-state index contributed by atoms with van der Waals surface area (Å²) in [4.78, 5) is 2.48. The van der Waals surface area contributed by atoms with Crippen LogP contribution < -0.4 is 0 Å². The third-order valence-corrected chi connectivity index (χ3v) is 3.90. The highest BCUT2D eigenvalue weighted by molar-refractivity contribution is 5.25. The van der Waals surface area contributed by atoms with E-state index in [-0.39, 0.29) is 12.0 Å². The Hall–Kier alpha value is -0.860. The molecule has 0 aromatic heterocycles. The smallest absolute Gasteiger partial charge is 0.0537 e. The van der Waals surface area contributed by atoms with Crippen LogP contribution in [0.25, 0.3) is 0 Å². The quantitative estimate of drug-likeness (QED) is 0.862.